The standard InChI is InChI=1S/C19H38N2/c1-5-17-6-13-21(14-7-17)16-18-8-11-20(12-9-18)15-10-19(2,3)4/h17-18H,5-16H2,1-4H3. The maximum absolute atomic E-state index is 2.75. The topological polar surface area (TPSA) is 6.48 Å². The van der Waals surface area contributed by atoms with Crippen LogP contribution in [0.4, 0.5) is 0 Å². The molecule has 0 radical (unpaired) electrons. The molecule has 0 amide bonds. The Morgan fingerprint density at radius 1 is 0.810 bits per heavy atom. The van der Waals surface area contributed by atoms with Gasteiger partial charge in [0.2, 0.25) is 0 Å². The molecule has 2 aliphatic heterocycles. The molecule has 2 fully saturated rings. The summed E-state index contributed by atoms with van der Waals surface area (Å²) < 4.78 is 0. The van der Waals surface area contributed by atoms with Gasteiger partial charge in [0.05, 0.1) is 0 Å². The fraction of sp³-hybridized carbons (Fsp3) is 1.00. The van der Waals surface area contributed by atoms with E-state index in [1.54, 1.807) is 0 Å². The van der Waals surface area contributed by atoms with Gasteiger partial charge in [0.15, 0.2) is 0 Å². The molecule has 0 aromatic carbocycles. The van der Waals surface area contributed by atoms with Gasteiger partial charge in [-0.25, -0.2) is 0 Å². The molecule has 0 spiro atoms. The Balaban J connectivity index is 1.61. The van der Waals surface area contributed by atoms with Crippen LogP contribution in [0.1, 0.15) is 66.2 Å². The van der Waals surface area contributed by atoms with E-state index in [4.69, 9.17) is 0 Å². The SMILES string of the molecule is CCC1CCN(CC2CCN(CCC(C)(C)C)CC2)CC1. The minimum atomic E-state index is 0.487. The molecule has 0 aromatic rings. The Hall–Kier alpha value is -0.0800. The van der Waals surface area contributed by atoms with Crippen molar-refractivity contribution in [1.29, 1.82) is 0 Å². The van der Waals surface area contributed by atoms with Crippen LogP contribution < -0.4 is 0 Å². The van der Waals surface area contributed by atoms with Gasteiger partial charge < -0.3 is 9.80 Å². The summed E-state index contributed by atoms with van der Waals surface area (Å²) in [5.74, 6) is 1.98. The van der Waals surface area contributed by atoms with E-state index in [-0.39, 0.29) is 0 Å². The average Bonchev–Trinajstić information content (AvgIpc) is 2.46. The number of rotatable bonds is 5. The van der Waals surface area contributed by atoms with Crippen LogP contribution in [0.25, 0.3) is 0 Å². The molecule has 124 valence electrons. The number of hydrogen-bond acceptors (Lipinski definition) is 2. The fourth-order valence-corrected chi connectivity index (χ4v) is 3.83. The Morgan fingerprint density at radius 3 is 1.86 bits per heavy atom. The second-order valence-corrected chi connectivity index (χ2v) is 8.75. The van der Waals surface area contributed by atoms with E-state index in [0.29, 0.717) is 5.41 Å². The summed E-state index contributed by atoms with van der Waals surface area (Å²) in [6, 6.07) is 0. The highest BCUT2D eigenvalue weighted by Gasteiger charge is 2.24. The fourth-order valence-electron chi connectivity index (χ4n) is 3.83. The maximum atomic E-state index is 2.75. The molecule has 0 bridgehead atoms. The second kappa shape index (κ2) is 7.97. The Labute approximate surface area is 133 Å². The lowest BCUT2D eigenvalue weighted by Crippen LogP contribution is -2.42. The summed E-state index contributed by atoms with van der Waals surface area (Å²) in [7, 11) is 0. The lowest BCUT2D eigenvalue weighted by atomic mass is 9.90. The molecule has 2 aliphatic rings. The van der Waals surface area contributed by atoms with Crippen molar-refractivity contribution in [2.24, 2.45) is 17.3 Å². The van der Waals surface area contributed by atoms with Crippen molar-refractivity contribution >= 4 is 0 Å². The molecule has 0 aromatic heterocycles. The van der Waals surface area contributed by atoms with Gasteiger partial charge in [0.25, 0.3) is 0 Å². The van der Waals surface area contributed by atoms with Crippen LogP contribution in [-0.2, 0) is 0 Å². The lowest BCUT2D eigenvalue weighted by Gasteiger charge is -2.38. The van der Waals surface area contributed by atoms with Crippen molar-refractivity contribution in [3.63, 3.8) is 0 Å². The van der Waals surface area contributed by atoms with Gasteiger partial charge in [0.1, 0.15) is 0 Å². The zero-order valence-corrected chi connectivity index (χ0v) is 15.0. The van der Waals surface area contributed by atoms with Gasteiger partial charge in [-0.2, -0.15) is 0 Å². The molecule has 0 unspecified atom stereocenters. The Morgan fingerprint density at radius 2 is 1.33 bits per heavy atom. The van der Waals surface area contributed by atoms with Crippen molar-refractivity contribution in [2.75, 3.05) is 39.3 Å². The van der Waals surface area contributed by atoms with E-state index in [9.17, 15) is 0 Å². The van der Waals surface area contributed by atoms with Crippen LogP contribution in [0, 0.1) is 17.3 Å². The first-order chi connectivity index (χ1) is 9.96. The van der Waals surface area contributed by atoms with Gasteiger partial charge in [0, 0.05) is 6.54 Å². The van der Waals surface area contributed by atoms with Crippen LogP contribution >= 0.6 is 0 Å². The molecule has 2 rings (SSSR count). The molecular formula is C19H38N2. The van der Waals surface area contributed by atoms with E-state index in [0.717, 1.165) is 11.8 Å². The first-order valence-corrected chi connectivity index (χ1v) is 9.41. The maximum Gasteiger partial charge on any atom is 0.00106 e. The van der Waals surface area contributed by atoms with Crippen LogP contribution in [-0.4, -0.2) is 49.1 Å². The van der Waals surface area contributed by atoms with Crippen molar-refractivity contribution in [3.8, 4) is 0 Å². The predicted octanol–water partition coefficient (Wildman–Crippen LogP) is 4.26. The second-order valence-electron chi connectivity index (χ2n) is 8.75. The number of piperidine rings is 2. The van der Waals surface area contributed by atoms with Crippen LogP contribution in [0.2, 0.25) is 0 Å². The van der Waals surface area contributed by atoms with E-state index < -0.39 is 0 Å². The van der Waals surface area contributed by atoms with Gasteiger partial charge in [-0.15, -0.1) is 0 Å². The lowest BCUT2D eigenvalue weighted by molar-refractivity contribution is 0.111. The van der Waals surface area contributed by atoms with Gasteiger partial charge in [-0.1, -0.05) is 34.1 Å². The monoisotopic (exact) mass is 294 g/mol. The highest BCUT2D eigenvalue weighted by atomic mass is 15.2. The highest BCUT2D eigenvalue weighted by Crippen LogP contribution is 2.25. The van der Waals surface area contributed by atoms with E-state index >= 15 is 0 Å². The summed E-state index contributed by atoms with van der Waals surface area (Å²) in [5, 5.41) is 0. The van der Waals surface area contributed by atoms with Crippen LogP contribution in [0.5, 0.6) is 0 Å². The van der Waals surface area contributed by atoms with E-state index in [2.05, 4.69) is 37.5 Å². The predicted molar refractivity (Wildman–Crippen MR) is 92.7 cm³/mol. The minimum Gasteiger partial charge on any atom is -0.303 e. The smallest absolute Gasteiger partial charge is 0.00106 e. The Kier molecular flexibility index (Phi) is 6.55. The van der Waals surface area contributed by atoms with Crippen molar-refractivity contribution < 1.29 is 0 Å². The van der Waals surface area contributed by atoms with Gasteiger partial charge >= 0.3 is 0 Å². The highest BCUT2D eigenvalue weighted by molar-refractivity contribution is 4.79. The molecule has 21 heavy (non-hydrogen) atoms. The molecule has 0 saturated carbocycles. The number of nitrogens with zero attached hydrogens (tertiary/aromatic N) is 2. The third-order valence-corrected chi connectivity index (χ3v) is 5.69. The molecular weight excluding hydrogens is 256 g/mol. The average molecular weight is 295 g/mol. The molecule has 2 heterocycles. The third-order valence-electron chi connectivity index (χ3n) is 5.69. The van der Waals surface area contributed by atoms with E-state index in [1.165, 1.54) is 77.8 Å². The van der Waals surface area contributed by atoms with Crippen molar-refractivity contribution in [1.82, 2.24) is 9.80 Å². The van der Waals surface area contributed by atoms with Crippen molar-refractivity contribution in [3.05, 3.63) is 0 Å². The normalized spacial score (nSPS) is 24.6. The summed E-state index contributed by atoms with van der Waals surface area (Å²) in [6.45, 7) is 17.5. The molecule has 0 aliphatic carbocycles. The molecule has 0 N–H and O–H groups in total. The zero-order valence-electron chi connectivity index (χ0n) is 15.0. The minimum absolute atomic E-state index is 0.487. The first kappa shape index (κ1) is 17.3. The summed E-state index contributed by atoms with van der Waals surface area (Å²) in [5.41, 5.74) is 0.487. The van der Waals surface area contributed by atoms with Gasteiger partial charge in [-0.3, -0.25) is 0 Å². The molecule has 2 heteroatoms. The number of hydrogen-bond donors (Lipinski definition) is 0. The molecule has 2 saturated heterocycles. The summed E-state index contributed by atoms with van der Waals surface area (Å²) in [6.07, 6.45) is 8.47. The zero-order chi connectivity index (χ0) is 15.3. The largest absolute Gasteiger partial charge is 0.303 e. The van der Waals surface area contributed by atoms with Crippen LogP contribution in [0.15, 0.2) is 0 Å². The van der Waals surface area contributed by atoms with E-state index in [1.807, 2.05) is 0 Å². The molecule has 0 atom stereocenters. The van der Waals surface area contributed by atoms with Gasteiger partial charge in [-0.05, 0) is 82.1 Å². The Bertz CT molecular complexity index is 278. The third kappa shape index (κ3) is 6.28. The molecule has 2 nitrogen and oxygen atoms in total. The van der Waals surface area contributed by atoms with Crippen LogP contribution in [0.3, 0.4) is 0 Å². The number of likely N-dealkylation sites (tertiary alicyclic amines) is 2. The van der Waals surface area contributed by atoms with Crippen molar-refractivity contribution in [2.45, 2.75) is 66.2 Å². The summed E-state index contributed by atoms with van der Waals surface area (Å²) >= 11 is 0. The quantitative estimate of drug-likeness (QED) is 0.747. The summed E-state index contributed by atoms with van der Waals surface area (Å²) in [4.78, 5) is 5.45. The first-order valence-electron chi connectivity index (χ1n) is 9.41.